The molecule has 4 heterocycles. The van der Waals surface area contributed by atoms with Crippen molar-refractivity contribution in [3.63, 3.8) is 0 Å². The highest BCUT2D eigenvalue weighted by atomic mass is 32.2. The molecule has 9 nitrogen and oxygen atoms in total. The van der Waals surface area contributed by atoms with Crippen LogP contribution in [0.2, 0.25) is 0 Å². The van der Waals surface area contributed by atoms with E-state index < -0.39 is 10.0 Å². The number of sulfonamides is 1. The summed E-state index contributed by atoms with van der Waals surface area (Å²) in [4.78, 5) is 13.5. The van der Waals surface area contributed by atoms with Gasteiger partial charge in [-0.25, -0.2) is 13.4 Å². The van der Waals surface area contributed by atoms with Crippen LogP contribution in [0.4, 0.5) is 5.82 Å². The molecule has 152 valence electrons. The van der Waals surface area contributed by atoms with Gasteiger partial charge in [-0.2, -0.15) is 4.98 Å². The fourth-order valence-electron chi connectivity index (χ4n) is 4.12. The van der Waals surface area contributed by atoms with Gasteiger partial charge >= 0.3 is 0 Å². The van der Waals surface area contributed by atoms with Gasteiger partial charge in [0.25, 0.3) is 0 Å². The number of piperidine rings is 1. The van der Waals surface area contributed by atoms with E-state index in [4.69, 9.17) is 4.52 Å². The first-order valence-electron chi connectivity index (χ1n) is 9.61. The van der Waals surface area contributed by atoms with Crippen molar-refractivity contribution in [2.24, 2.45) is 0 Å². The van der Waals surface area contributed by atoms with Crippen LogP contribution in [0.5, 0.6) is 0 Å². The standard InChI is InChI=1S/C18H26N6O3S/c1-23-10-6-14(7-11-23)24-9-3-4-15(24)18-20-17(21-27-18)13-5-8-19-16(12-13)22-28(2,25)26/h5,8,12,14-15H,3-4,6-7,9-11H2,1-2H3,(H,19,22). The van der Waals surface area contributed by atoms with Crippen LogP contribution in [-0.2, 0) is 10.0 Å². The lowest BCUT2D eigenvalue weighted by Crippen LogP contribution is -2.43. The number of hydrogen-bond donors (Lipinski definition) is 1. The lowest BCUT2D eigenvalue weighted by atomic mass is 10.0. The van der Waals surface area contributed by atoms with Crippen LogP contribution in [-0.4, -0.2) is 72.3 Å². The Morgan fingerprint density at radius 2 is 2.00 bits per heavy atom. The van der Waals surface area contributed by atoms with Crippen LogP contribution in [0.25, 0.3) is 11.4 Å². The van der Waals surface area contributed by atoms with Crippen LogP contribution in [0.1, 0.15) is 37.6 Å². The zero-order chi connectivity index (χ0) is 19.7. The normalized spacial score (nSPS) is 22.6. The maximum Gasteiger partial charge on any atom is 0.244 e. The van der Waals surface area contributed by atoms with Crippen molar-refractivity contribution < 1.29 is 12.9 Å². The second-order valence-electron chi connectivity index (χ2n) is 7.69. The molecule has 0 spiro atoms. The van der Waals surface area contributed by atoms with E-state index >= 15 is 0 Å². The van der Waals surface area contributed by atoms with Gasteiger partial charge in [-0.15, -0.1) is 0 Å². The lowest BCUT2D eigenvalue weighted by Gasteiger charge is -2.37. The van der Waals surface area contributed by atoms with Crippen LogP contribution in [0, 0.1) is 0 Å². The van der Waals surface area contributed by atoms with Crippen molar-refractivity contribution in [2.75, 3.05) is 37.7 Å². The molecule has 0 bridgehead atoms. The van der Waals surface area contributed by atoms with E-state index in [-0.39, 0.29) is 11.9 Å². The summed E-state index contributed by atoms with van der Waals surface area (Å²) in [7, 11) is -1.22. The molecule has 4 rings (SSSR count). The van der Waals surface area contributed by atoms with Gasteiger partial charge in [0.2, 0.25) is 21.7 Å². The second-order valence-corrected chi connectivity index (χ2v) is 9.44. The van der Waals surface area contributed by atoms with Gasteiger partial charge in [0.1, 0.15) is 5.82 Å². The fourth-order valence-corrected chi connectivity index (χ4v) is 4.61. The molecule has 2 saturated heterocycles. The quantitative estimate of drug-likeness (QED) is 0.801. The van der Waals surface area contributed by atoms with Gasteiger partial charge in [-0.05, 0) is 64.5 Å². The summed E-state index contributed by atoms with van der Waals surface area (Å²) in [6.45, 7) is 3.31. The number of nitrogens with zero attached hydrogens (tertiary/aromatic N) is 5. The molecule has 1 unspecified atom stereocenters. The third kappa shape index (κ3) is 4.34. The molecule has 28 heavy (non-hydrogen) atoms. The lowest BCUT2D eigenvalue weighted by molar-refractivity contribution is 0.0958. The molecule has 2 aromatic rings. The van der Waals surface area contributed by atoms with Crippen molar-refractivity contribution in [3.05, 3.63) is 24.2 Å². The third-order valence-electron chi connectivity index (χ3n) is 5.49. The van der Waals surface area contributed by atoms with Crippen molar-refractivity contribution in [2.45, 2.75) is 37.8 Å². The maximum atomic E-state index is 11.4. The molecular formula is C18H26N6O3S. The molecule has 2 aromatic heterocycles. The van der Waals surface area contributed by atoms with E-state index in [9.17, 15) is 8.42 Å². The van der Waals surface area contributed by atoms with E-state index in [2.05, 4.69) is 36.7 Å². The van der Waals surface area contributed by atoms with E-state index in [1.54, 1.807) is 12.1 Å². The molecule has 2 aliphatic heterocycles. The molecule has 2 fully saturated rings. The smallest absolute Gasteiger partial charge is 0.244 e. The Hall–Kier alpha value is -2.04. The Morgan fingerprint density at radius 1 is 1.21 bits per heavy atom. The molecule has 0 radical (unpaired) electrons. The summed E-state index contributed by atoms with van der Waals surface area (Å²) in [5, 5.41) is 4.13. The van der Waals surface area contributed by atoms with Crippen molar-refractivity contribution in [1.29, 1.82) is 0 Å². The average molecular weight is 407 g/mol. The van der Waals surface area contributed by atoms with Crippen LogP contribution in [0.15, 0.2) is 22.9 Å². The molecule has 0 amide bonds. The molecule has 1 atom stereocenters. The first kappa shape index (κ1) is 19.3. The van der Waals surface area contributed by atoms with Gasteiger partial charge < -0.3 is 9.42 Å². The largest absolute Gasteiger partial charge is 0.337 e. The number of anilines is 1. The fraction of sp³-hybridized carbons (Fsp3) is 0.611. The minimum absolute atomic E-state index is 0.158. The number of pyridine rings is 1. The molecule has 1 N–H and O–H groups in total. The highest BCUT2D eigenvalue weighted by molar-refractivity contribution is 7.92. The van der Waals surface area contributed by atoms with Gasteiger partial charge in [0.15, 0.2) is 0 Å². The van der Waals surface area contributed by atoms with Crippen LogP contribution < -0.4 is 4.72 Å². The average Bonchev–Trinajstić information content (AvgIpc) is 3.30. The van der Waals surface area contributed by atoms with E-state index in [0.717, 1.165) is 38.7 Å². The number of hydrogen-bond acceptors (Lipinski definition) is 8. The van der Waals surface area contributed by atoms with E-state index in [1.165, 1.54) is 19.0 Å². The van der Waals surface area contributed by atoms with Crippen molar-refractivity contribution >= 4 is 15.8 Å². The molecule has 10 heteroatoms. The summed E-state index contributed by atoms with van der Waals surface area (Å²) in [6, 6.07) is 4.07. The highest BCUT2D eigenvalue weighted by Gasteiger charge is 2.36. The van der Waals surface area contributed by atoms with E-state index in [0.29, 0.717) is 23.3 Å². The van der Waals surface area contributed by atoms with Gasteiger partial charge in [0, 0.05) is 17.8 Å². The predicted molar refractivity (Wildman–Crippen MR) is 105 cm³/mol. The van der Waals surface area contributed by atoms with Crippen LogP contribution >= 0.6 is 0 Å². The summed E-state index contributed by atoms with van der Waals surface area (Å²) in [6.07, 6.45) is 7.10. The summed E-state index contributed by atoms with van der Waals surface area (Å²) in [5.41, 5.74) is 0.667. The zero-order valence-corrected chi connectivity index (χ0v) is 17.0. The Balaban J connectivity index is 1.52. The van der Waals surface area contributed by atoms with Crippen LogP contribution in [0.3, 0.4) is 0 Å². The number of nitrogens with one attached hydrogen (secondary N) is 1. The number of rotatable bonds is 5. The molecule has 0 aliphatic carbocycles. The van der Waals surface area contributed by atoms with Crippen molar-refractivity contribution in [3.8, 4) is 11.4 Å². The Kier molecular flexibility index (Phi) is 5.35. The molecule has 0 saturated carbocycles. The highest BCUT2D eigenvalue weighted by Crippen LogP contribution is 2.36. The zero-order valence-electron chi connectivity index (χ0n) is 16.2. The SMILES string of the molecule is CN1CCC(N2CCCC2c2nc(-c3ccnc(NS(C)(=O)=O)c3)no2)CC1. The maximum absolute atomic E-state index is 11.4. The summed E-state index contributed by atoms with van der Waals surface area (Å²) < 4.78 is 30.8. The Labute approximate surface area is 165 Å². The Morgan fingerprint density at radius 3 is 2.75 bits per heavy atom. The first-order chi connectivity index (χ1) is 13.4. The summed E-state index contributed by atoms with van der Waals surface area (Å²) >= 11 is 0. The monoisotopic (exact) mass is 406 g/mol. The topological polar surface area (TPSA) is 104 Å². The predicted octanol–water partition coefficient (Wildman–Crippen LogP) is 1.73. The number of likely N-dealkylation sites (tertiary alicyclic amines) is 2. The second kappa shape index (κ2) is 7.76. The number of aromatic nitrogens is 3. The third-order valence-corrected chi connectivity index (χ3v) is 6.07. The van der Waals surface area contributed by atoms with E-state index in [1.807, 2.05) is 0 Å². The first-order valence-corrected chi connectivity index (χ1v) is 11.5. The molecule has 0 aromatic carbocycles. The minimum Gasteiger partial charge on any atom is -0.337 e. The molecular weight excluding hydrogens is 380 g/mol. The minimum atomic E-state index is -3.39. The Bertz CT molecular complexity index is 923. The van der Waals surface area contributed by atoms with Crippen molar-refractivity contribution in [1.82, 2.24) is 24.9 Å². The van der Waals surface area contributed by atoms with Gasteiger partial charge in [0.05, 0.1) is 12.3 Å². The molecule has 2 aliphatic rings. The summed E-state index contributed by atoms with van der Waals surface area (Å²) in [5.74, 6) is 1.32. The van der Waals surface area contributed by atoms with Gasteiger partial charge in [-0.1, -0.05) is 5.16 Å². The van der Waals surface area contributed by atoms with Gasteiger partial charge in [-0.3, -0.25) is 9.62 Å².